The van der Waals surface area contributed by atoms with E-state index in [0.717, 1.165) is 41.1 Å². The Balaban J connectivity index is 1.60. The fraction of sp³-hybridized carbons (Fsp3) is 0.333. The van der Waals surface area contributed by atoms with Crippen LogP contribution in [0.2, 0.25) is 0 Å². The standard InChI is InChI=1S/C21H23N5O/c1-13-6-4-5-7-16(13)20-17-8-10-26(11-9-18(17)24-25-20)21(27)19-14(2)15(3)22-12-23-19/h4-7,12H,8-11H2,1-3H3,(H,24,25). The number of carbonyl (C=O) groups is 1. The smallest absolute Gasteiger partial charge is 0.272 e. The molecule has 1 amide bonds. The van der Waals surface area contributed by atoms with Crippen molar-refractivity contribution in [1.82, 2.24) is 25.1 Å². The van der Waals surface area contributed by atoms with Crippen LogP contribution in [0.3, 0.4) is 0 Å². The maximum Gasteiger partial charge on any atom is 0.272 e. The van der Waals surface area contributed by atoms with Crippen molar-refractivity contribution in [2.24, 2.45) is 0 Å². The fourth-order valence-electron chi connectivity index (χ4n) is 3.65. The number of hydrogen-bond acceptors (Lipinski definition) is 4. The van der Waals surface area contributed by atoms with Gasteiger partial charge in [-0.1, -0.05) is 24.3 Å². The summed E-state index contributed by atoms with van der Waals surface area (Å²) in [7, 11) is 0. The van der Waals surface area contributed by atoms with Crippen LogP contribution in [0.5, 0.6) is 0 Å². The number of carbonyl (C=O) groups excluding carboxylic acids is 1. The molecule has 1 aliphatic heterocycles. The van der Waals surface area contributed by atoms with Gasteiger partial charge in [-0.05, 0) is 32.8 Å². The van der Waals surface area contributed by atoms with Gasteiger partial charge >= 0.3 is 0 Å². The summed E-state index contributed by atoms with van der Waals surface area (Å²) in [6, 6.07) is 8.28. The number of hydrogen-bond donors (Lipinski definition) is 1. The number of H-pyrrole nitrogens is 1. The van der Waals surface area contributed by atoms with Gasteiger partial charge in [0.15, 0.2) is 0 Å². The highest BCUT2D eigenvalue weighted by Gasteiger charge is 2.25. The Morgan fingerprint density at radius 2 is 1.85 bits per heavy atom. The normalized spacial score (nSPS) is 14.0. The summed E-state index contributed by atoms with van der Waals surface area (Å²) >= 11 is 0. The van der Waals surface area contributed by atoms with Gasteiger partial charge in [-0.15, -0.1) is 0 Å². The molecule has 0 saturated heterocycles. The van der Waals surface area contributed by atoms with E-state index in [4.69, 9.17) is 0 Å². The second-order valence-corrected chi connectivity index (χ2v) is 7.07. The predicted molar refractivity (Wildman–Crippen MR) is 104 cm³/mol. The van der Waals surface area contributed by atoms with E-state index in [0.29, 0.717) is 18.8 Å². The zero-order valence-corrected chi connectivity index (χ0v) is 15.9. The highest BCUT2D eigenvalue weighted by molar-refractivity contribution is 5.93. The number of rotatable bonds is 2. The van der Waals surface area contributed by atoms with Gasteiger partial charge in [-0.25, -0.2) is 9.97 Å². The van der Waals surface area contributed by atoms with Crippen molar-refractivity contribution in [3.05, 3.63) is 64.4 Å². The Bertz CT molecular complexity index is 1010. The van der Waals surface area contributed by atoms with Gasteiger partial charge in [0.2, 0.25) is 0 Å². The summed E-state index contributed by atoms with van der Waals surface area (Å²) in [5.41, 5.74) is 7.91. The molecule has 0 saturated carbocycles. The summed E-state index contributed by atoms with van der Waals surface area (Å²) < 4.78 is 0. The molecule has 2 aromatic heterocycles. The number of amides is 1. The molecule has 0 atom stereocenters. The lowest BCUT2D eigenvalue weighted by molar-refractivity contribution is 0.0755. The number of aromatic amines is 1. The van der Waals surface area contributed by atoms with E-state index in [9.17, 15) is 4.79 Å². The fourth-order valence-corrected chi connectivity index (χ4v) is 3.65. The molecule has 27 heavy (non-hydrogen) atoms. The third kappa shape index (κ3) is 3.12. The van der Waals surface area contributed by atoms with Crippen molar-refractivity contribution < 1.29 is 4.79 Å². The van der Waals surface area contributed by atoms with Gasteiger partial charge < -0.3 is 4.90 Å². The number of nitrogens with one attached hydrogen (secondary N) is 1. The summed E-state index contributed by atoms with van der Waals surface area (Å²) in [4.78, 5) is 23.3. The first kappa shape index (κ1) is 17.4. The van der Waals surface area contributed by atoms with Crippen molar-refractivity contribution >= 4 is 5.91 Å². The Hall–Kier alpha value is -3.02. The maximum atomic E-state index is 13.0. The Labute approximate surface area is 158 Å². The van der Waals surface area contributed by atoms with Crippen LogP contribution in [0, 0.1) is 20.8 Å². The molecule has 1 aliphatic rings. The average molecular weight is 361 g/mol. The lowest BCUT2D eigenvalue weighted by Gasteiger charge is -2.21. The largest absolute Gasteiger partial charge is 0.337 e. The van der Waals surface area contributed by atoms with Crippen LogP contribution in [0.15, 0.2) is 30.6 Å². The maximum absolute atomic E-state index is 13.0. The second kappa shape index (κ2) is 6.95. The lowest BCUT2D eigenvalue weighted by atomic mass is 9.99. The van der Waals surface area contributed by atoms with E-state index in [2.05, 4.69) is 39.2 Å². The van der Waals surface area contributed by atoms with Crippen LogP contribution in [-0.2, 0) is 12.8 Å². The molecule has 0 spiro atoms. The summed E-state index contributed by atoms with van der Waals surface area (Å²) in [6.07, 6.45) is 3.02. The van der Waals surface area contributed by atoms with Crippen LogP contribution in [0.1, 0.15) is 38.6 Å². The number of aromatic nitrogens is 4. The van der Waals surface area contributed by atoms with Gasteiger partial charge in [-0.3, -0.25) is 9.89 Å². The van der Waals surface area contributed by atoms with Crippen molar-refractivity contribution in [2.45, 2.75) is 33.6 Å². The van der Waals surface area contributed by atoms with E-state index in [-0.39, 0.29) is 5.91 Å². The zero-order valence-electron chi connectivity index (χ0n) is 15.9. The van der Waals surface area contributed by atoms with E-state index in [1.165, 1.54) is 17.5 Å². The van der Waals surface area contributed by atoms with Gasteiger partial charge in [0.25, 0.3) is 5.91 Å². The van der Waals surface area contributed by atoms with E-state index < -0.39 is 0 Å². The molecule has 3 heterocycles. The summed E-state index contributed by atoms with van der Waals surface area (Å²) in [5, 5.41) is 7.77. The van der Waals surface area contributed by atoms with Crippen molar-refractivity contribution in [3.63, 3.8) is 0 Å². The number of benzene rings is 1. The number of nitrogens with zero attached hydrogens (tertiary/aromatic N) is 4. The zero-order chi connectivity index (χ0) is 19.0. The lowest BCUT2D eigenvalue weighted by Crippen LogP contribution is -2.34. The summed E-state index contributed by atoms with van der Waals surface area (Å²) in [6.45, 7) is 7.23. The molecule has 6 heteroatoms. The van der Waals surface area contributed by atoms with Gasteiger partial charge in [0, 0.05) is 47.6 Å². The van der Waals surface area contributed by atoms with Crippen molar-refractivity contribution in [1.29, 1.82) is 0 Å². The molecule has 0 unspecified atom stereocenters. The first-order valence-electron chi connectivity index (χ1n) is 9.26. The van der Waals surface area contributed by atoms with Gasteiger partial charge in [0.1, 0.15) is 12.0 Å². The number of aryl methyl sites for hydroxylation is 2. The molecule has 0 radical (unpaired) electrons. The van der Waals surface area contributed by atoms with Crippen molar-refractivity contribution in [2.75, 3.05) is 13.1 Å². The van der Waals surface area contributed by atoms with Crippen LogP contribution in [0.25, 0.3) is 11.3 Å². The first-order chi connectivity index (χ1) is 13.1. The van der Waals surface area contributed by atoms with E-state index in [1.807, 2.05) is 30.9 Å². The Kier molecular flexibility index (Phi) is 4.48. The van der Waals surface area contributed by atoms with Crippen LogP contribution >= 0.6 is 0 Å². The average Bonchev–Trinajstić information content (AvgIpc) is 2.94. The Morgan fingerprint density at radius 1 is 1.07 bits per heavy atom. The molecular weight excluding hydrogens is 338 g/mol. The first-order valence-corrected chi connectivity index (χ1v) is 9.26. The molecule has 1 N–H and O–H groups in total. The molecular formula is C21H23N5O. The topological polar surface area (TPSA) is 74.8 Å². The van der Waals surface area contributed by atoms with Crippen LogP contribution < -0.4 is 0 Å². The molecule has 1 aromatic carbocycles. The molecule has 0 bridgehead atoms. The highest BCUT2D eigenvalue weighted by atomic mass is 16.2. The number of fused-ring (bicyclic) bond motifs is 1. The van der Waals surface area contributed by atoms with E-state index >= 15 is 0 Å². The molecule has 4 rings (SSSR count). The minimum atomic E-state index is -0.0199. The van der Waals surface area contributed by atoms with E-state index in [1.54, 1.807) is 0 Å². The van der Waals surface area contributed by atoms with Crippen LogP contribution in [0.4, 0.5) is 0 Å². The third-order valence-electron chi connectivity index (χ3n) is 5.44. The predicted octanol–water partition coefficient (Wildman–Crippen LogP) is 3.03. The highest BCUT2D eigenvalue weighted by Crippen LogP contribution is 2.29. The van der Waals surface area contributed by atoms with Gasteiger partial charge in [0.05, 0.1) is 5.69 Å². The quantitative estimate of drug-likeness (QED) is 0.761. The minimum absolute atomic E-state index is 0.0199. The van der Waals surface area contributed by atoms with Gasteiger partial charge in [-0.2, -0.15) is 5.10 Å². The molecule has 0 fully saturated rings. The molecule has 138 valence electrons. The van der Waals surface area contributed by atoms with Crippen LogP contribution in [-0.4, -0.2) is 44.1 Å². The SMILES string of the molecule is Cc1ccccc1-c1n[nH]c2c1CCN(C(=O)c1ncnc(C)c1C)CC2. The minimum Gasteiger partial charge on any atom is -0.337 e. The molecule has 0 aliphatic carbocycles. The molecule has 6 nitrogen and oxygen atoms in total. The van der Waals surface area contributed by atoms with Crippen molar-refractivity contribution in [3.8, 4) is 11.3 Å². The second-order valence-electron chi connectivity index (χ2n) is 7.07. The third-order valence-corrected chi connectivity index (χ3v) is 5.44. The monoisotopic (exact) mass is 361 g/mol. The molecule has 3 aromatic rings. The summed E-state index contributed by atoms with van der Waals surface area (Å²) in [5.74, 6) is -0.0199. The Morgan fingerprint density at radius 3 is 2.67 bits per heavy atom.